The van der Waals surface area contributed by atoms with E-state index >= 15 is 0 Å². The Morgan fingerprint density at radius 2 is 1.91 bits per heavy atom. The summed E-state index contributed by atoms with van der Waals surface area (Å²) in [7, 11) is 0. The van der Waals surface area contributed by atoms with E-state index in [1.807, 2.05) is 26.0 Å². The summed E-state index contributed by atoms with van der Waals surface area (Å²) in [5.74, 6) is 1.06. The molecule has 0 saturated carbocycles. The number of rotatable bonds is 6. The maximum Gasteiger partial charge on any atom is 0.123 e. The normalized spacial score (nSPS) is 14.0. The molecular formula is C21H34O2. The van der Waals surface area contributed by atoms with E-state index in [9.17, 15) is 5.11 Å². The first-order valence-electron chi connectivity index (χ1n) is 9.16. The van der Waals surface area contributed by atoms with Gasteiger partial charge in [0.1, 0.15) is 11.5 Å². The molecule has 2 nitrogen and oxygen atoms in total. The topological polar surface area (TPSA) is 29.5 Å². The van der Waals surface area contributed by atoms with Crippen LogP contribution in [0.25, 0.3) is 0 Å². The van der Waals surface area contributed by atoms with Crippen LogP contribution in [0.2, 0.25) is 0 Å². The highest BCUT2D eigenvalue weighted by molar-refractivity contribution is 5.37. The molecule has 0 fully saturated rings. The molecule has 0 aliphatic heterocycles. The van der Waals surface area contributed by atoms with Gasteiger partial charge in [0.15, 0.2) is 0 Å². The Hall–Kier alpha value is -1.44. The average Bonchev–Trinajstić information content (AvgIpc) is 2.47. The Morgan fingerprint density at radius 1 is 1.13 bits per heavy atom. The first-order valence-corrected chi connectivity index (χ1v) is 9.16. The minimum atomic E-state index is 0.144. The van der Waals surface area contributed by atoms with E-state index in [0.717, 1.165) is 17.7 Å². The van der Waals surface area contributed by atoms with Crippen LogP contribution in [0.1, 0.15) is 78.2 Å². The molecule has 1 aliphatic rings. The average molecular weight is 319 g/mol. The molecule has 0 unspecified atom stereocenters. The predicted octanol–water partition coefficient (Wildman–Crippen LogP) is 6.42. The number of aromatic hydroxyl groups is 1. The molecule has 1 aliphatic carbocycles. The molecule has 1 aromatic rings. The van der Waals surface area contributed by atoms with Crippen molar-refractivity contribution in [3.05, 3.63) is 35.4 Å². The molecule has 0 aromatic heterocycles. The minimum absolute atomic E-state index is 0.144. The van der Waals surface area contributed by atoms with E-state index in [1.54, 1.807) is 11.6 Å². The van der Waals surface area contributed by atoms with Crippen molar-refractivity contribution in [2.45, 2.75) is 85.2 Å². The fourth-order valence-corrected chi connectivity index (χ4v) is 2.71. The van der Waals surface area contributed by atoms with Crippen molar-refractivity contribution in [2.24, 2.45) is 0 Å². The van der Waals surface area contributed by atoms with Gasteiger partial charge in [0.25, 0.3) is 0 Å². The monoisotopic (exact) mass is 318 g/mol. The third kappa shape index (κ3) is 9.32. The molecule has 0 spiro atoms. The summed E-state index contributed by atoms with van der Waals surface area (Å²) in [5, 5.41) is 9.58. The van der Waals surface area contributed by atoms with Crippen molar-refractivity contribution in [2.75, 3.05) is 0 Å². The smallest absolute Gasteiger partial charge is 0.123 e. The zero-order valence-electron chi connectivity index (χ0n) is 15.4. The summed E-state index contributed by atoms with van der Waals surface area (Å²) in [6, 6.07) is 5.52. The number of aryl methyl sites for hydroxylation is 1. The Labute approximate surface area is 142 Å². The number of phenolic OH excluding ortho intramolecular Hbond substituents is 1. The van der Waals surface area contributed by atoms with Crippen LogP contribution < -0.4 is 4.74 Å². The van der Waals surface area contributed by atoms with Crippen LogP contribution in [-0.2, 0) is 6.42 Å². The molecule has 0 heterocycles. The summed E-state index contributed by atoms with van der Waals surface area (Å²) in [6.07, 6.45) is 12.6. The summed E-state index contributed by atoms with van der Waals surface area (Å²) in [6.45, 7) is 8.39. The molecule has 2 heteroatoms. The van der Waals surface area contributed by atoms with Crippen LogP contribution in [-0.4, -0.2) is 11.2 Å². The molecular weight excluding hydrogens is 284 g/mol. The molecule has 1 N–H and O–H groups in total. The standard InChI is InChI=1S/C14H22O2.C7H12/c1-4-5-6-7-12-8-13(15)10-14(9-12)16-11(2)3;1-7-5-3-2-4-6-7/h8-11,15H,4-7H2,1-3H3;5H,2-4,6H2,1H3. The molecule has 0 atom stereocenters. The number of ether oxygens (including phenoxy) is 1. The van der Waals surface area contributed by atoms with Crippen molar-refractivity contribution in [1.82, 2.24) is 0 Å². The third-order valence-electron chi connectivity index (χ3n) is 3.91. The Bertz CT molecular complexity index is 475. The van der Waals surface area contributed by atoms with E-state index in [0.29, 0.717) is 5.75 Å². The van der Waals surface area contributed by atoms with Gasteiger partial charge in [-0.15, -0.1) is 0 Å². The van der Waals surface area contributed by atoms with Gasteiger partial charge >= 0.3 is 0 Å². The zero-order valence-corrected chi connectivity index (χ0v) is 15.4. The van der Waals surface area contributed by atoms with Gasteiger partial charge in [-0.25, -0.2) is 0 Å². The van der Waals surface area contributed by atoms with Crippen molar-refractivity contribution in [3.63, 3.8) is 0 Å². The fraction of sp³-hybridized carbons (Fsp3) is 0.619. The Balaban J connectivity index is 0.000000313. The van der Waals surface area contributed by atoms with Crippen molar-refractivity contribution in [1.29, 1.82) is 0 Å². The van der Waals surface area contributed by atoms with Crippen LogP contribution in [0.15, 0.2) is 29.8 Å². The van der Waals surface area contributed by atoms with Gasteiger partial charge in [-0.1, -0.05) is 31.4 Å². The van der Waals surface area contributed by atoms with Gasteiger partial charge in [0.2, 0.25) is 0 Å². The van der Waals surface area contributed by atoms with Crippen molar-refractivity contribution >= 4 is 0 Å². The second kappa shape index (κ2) is 11.2. The first-order chi connectivity index (χ1) is 11.0. The van der Waals surface area contributed by atoms with Crippen molar-refractivity contribution in [3.8, 4) is 11.5 Å². The highest BCUT2D eigenvalue weighted by Gasteiger charge is 2.03. The molecule has 0 amide bonds. The van der Waals surface area contributed by atoms with Gasteiger partial charge in [0, 0.05) is 6.07 Å². The van der Waals surface area contributed by atoms with E-state index in [4.69, 9.17) is 4.74 Å². The van der Waals surface area contributed by atoms with E-state index < -0.39 is 0 Å². The number of allylic oxidation sites excluding steroid dienone is 2. The lowest BCUT2D eigenvalue weighted by atomic mass is 10.0. The lowest BCUT2D eigenvalue weighted by Gasteiger charge is -2.11. The molecule has 130 valence electrons. The quantitative estimate of drug-likeness (QED) is 0.484. The number of benzene rings is 1. The lowest BCUT2D eigenvalue weighted by Crippen LogP contribution is -2.05. The Morgan fingerprint density at radius 3 is 2.43 bits per heavy atom. The number of unbranched alkanes of at least 4 members (excludes halogenated alkanes) is 2. The highest BCUT2D eigenvalue weighted by Crippen LogP contribution is 2.24. The van der Waals surface area contributed by atoms with E-state index in [-0.39, 0.29) is 6.10 Å². The van der Waals surface area contributed by atoms with Gasteiger partial charge in [-0.3, -0.25) is 0 Å². The predicted molar refractivity (Wildman–Crippen MR) is 99.3 cm³/mol. The third-order valence-corrected chi connectivity index (χ3v) is 3.91. The second-order valence-electron chi connectivity index (χ2n) is 6.76. The van der Waals surface area contributed by atoms with E-state index in [1.165, 1.54) is 44.9 Å². The number of phenols is 1. The first kappa shape index (κ1) is 19.6. The molecule has 0 bridgehead atoms. The number of hydrogen-bond acceptors (Lipinski definition) is 2. The van der Waals surface area contributed by atoms with Gasteiger partial charge in [-0.2, -0.15) is 0 Å². The number of hydrogen-bond donors (Lipinski definition) is 1. The largest absolute Gasteiger partial charge is 0.508 e. The maximum atomic E-state index is 9.58. The summed E-state index contributed by atoms with van der Waals surface area (Å²) >= 11 is 0. The molecule has 0 radical (unpaired) electrons. The summed E-state index contributed by atoms with van der Waals surface area (Å²) in [5.41, 5.74) is 2.75. The molecule has 0 saturated heterocycles. The molecule has 2 rings (SSSR count). The van der Waals surface area contributed by atoms with Crippen LogP contribution in [0.4, 0.5) is 0 Å². The molecule has 1 aromatic carbocycles. The zero-order chi connectivity index (χ0) is 17.1. The van der Waals surface area contributed by atoms with Gasteiger partial charge in [0.05, 0.1) is 6.10 Å². The van der Waals surface area contributed by atoms with Crippen LogP contribution in [0.3, 0.4) is 0 Å². The minimum Gasteiger partial charge on any atom is -0.508 e. The van der Waals surface area contributed by atoms with Crippen LogP contribution >= 0.6 is 0 Å². The lowest BCUT2D eigenvalue weighted by molar-refractivity contribution is 0.241. The van der Waals surface area contributed by atoms with Gasteiger partial charge in [-0.05, 0) is 77.0 Å². The fourth-order valence-electron chi connectivity index (χ4n) is 2.71. The van der Waals surface area contributed by atoms with Crippen molar-refractivity contribution < 1.29 is 9.84 Å². The second-order valence-corrected chi connectivity index (χ2v) is 6.76. The van der Waals surface area contributed by atoms with Crippen LogP contribution in [0, 0.1) is 0 Å². The highest BCUT2D eigenvalue weighted by atomic mass is 16.5. The van der Waals surface area contributed by atoms with Gasteiger partial charge < -0.3 is 9.84 Å². The molecule has 23 heavy (non-hydrogen) atoms. The summed E-state index contributed by atoms with van der Waals surface area (Å²) in [4.78, 5) is 0. The van der Waals surface area contributed by atoms with E-state index in [2.05, 4.69) is 19.9 Å². The Kier molecular flexibility index (Phi) is 9.51. The SMILES string of the molecule is CC1=CCCCC1.CCCCCc1cc(O)cc(OC(C)C)c1. The maximum absolute atomic E-state index is 9.58. The summed E-state index contributed by atoms with van der Waals surface area (Å²) < 4.78 is 5.58. The van der Waals surface area contributed by atoms with Crippen LogP contribution in [0.5, 0.6) is 11.5 Å².